The number of nitrogens with one attached hydrogen (secondary N) is 2. The molecule has 2 heterocycles. The van der Waals surface area contributed by atoms with Crippen molar-refractivity contribution in [3.63, 3.8) is 0 Å². The predicted molar refractivity (Wildman–Crippen MR) is 122 cm³/mol. The molecule has 6 nitrogen and oxygen atoms in total. The first kappa shape index (κ1) is 23.1. The predicted octanol–water partition coefficient (Wildman–Crippen LogP) is 4.04. The van der Waals surface area contributed by atoms with Gasteiger partial charge in [-0.3, -0.25) is 14.5 Å². The number of piperidine rings is 1. The number of amides is 2. The Morgan fingerprint density at radius 2 is 1.74 bits per heavy atom. The molecule has 31 heavy (non-hydrogen) atoms. The Balaban J connectivity index is 1.56. The first-order valence-corrected chi connectivity index (χ1v) is 11.2. The summed E-state index contributed by atoms with van der Waals surface area (Å²) < 4.78 is 5.63. The van der Waals surface area contributed by atoms with Gasteiger partial charge in [0.05, 0.1) is 12.3 Å². The van der Waals surface area contributed by atoms with Crippen molar-refractivity contribution >= 4 is 11.8 Å². The maximum absolute atomic E-state index is 12.7. The molecule has 0 saturated carbocycles. The van der Waals surface area contributed by atoms with Crippen LogP contribution in [0.2, 0.25) is 0 Å². The summed E-state index contributed by atoms with van der Waals surface area (Å²) in [5, 5.41) is 5.80. The minimum atomic E-state index is -0.631. The van der Waals surface area contributed by atoms with E-state index in [4.69, 9.17) is 4.42 Å². The van der Waals surface area contributed by atoms with Gasteiger partial charge in [-0.1, -0.05) is 39.3 Å². The van der Waals surface area contributed by atoms with Gasteiger partial charge in [-0.2, -0.15) is 0 Å². The van der Waals surface area contributed by atoms with E-state index >= 15 is 0 Å². The van der Waals surface area contributed by atoms with Crippen LogP contribution in [0.25, 0.3) is 0 Å². The molecular formula is C25H35N3O3. The summed E-state index contributed by atoms with van der Waals surface area (Å²) in [5.74, 6) is 0.410. The lowest BCUT2D eigenvalue weighted by Crippen LogP contribution is -2.47. The minimum absolute atomic E-state index is 0.00657. The summed E-state index contributed by atoms with van der Waals surface area (Å²) >= 11 is 0. The molecule has 6 heteroatoms. The monoisotopic (exact) mass is 425 g/mol. The van der Waals surface area contributed by atoms with Crippen LogP contribution in [0.5, 0.6) is 0 Å². The van der Waals surface area contributed by atoms with Crippen LogP contribution in [0.3, 0.4) is 0 Å². The Kier molecular flexibility index (Phi) is 7.55. The summed E-state index contributed by atoms with van der Waals surface area (Å²) in [7, 11) is 0. The van der Waals surface area contributed by atoms with Gasteiger partial charge in [0.2, 0.25) is 5.91 Å². The molecule has 2 N–H and O–H groups in total. The van der Waals surface area contributed by atoms with Gasteiger partial charge in [0.15, 0.2) is 0 Å². The first-order valence-electron chi connectivity index (χ1n) is 11.2. The van der Waals surface area contributed by atoms with Crippen LogP contribution in [-0.4, -0.2) is 42.4 Å². The summed E-state index contributed by atoms with van der Waals surface area (Å²) in [6.07, 6.45) is 5.23. The summed E-state index contributed by atoms with van der Waals surface area (Å²) in [5.41, 5.74) is 1.74. The van der Waals surface area contributed by atoms with Crippen LogP contribution in [0.4, 0.5) is 0 Å². The third-order valence-electron chi connectivity index (χ3n) is 5.93. The van der Waals surface area contributed by atoms with E-state index in [9.17, 15) is 9.59 Å². The highest BCUT2D eigenvalue weighted by Gasteiger charge is 2.26. The zero-order chi connectivity index (χ0) is 22.4. The fourth-order valence-electron chi connectivity index (χ4n) is 3.94. The number of rotatable bonds is 7. The maximum Gasteiger partial charge on any atom is 0.251 e. The zero-order valence-corrected chi connectivity index (χ0v) is 19.1. The quantitative estimate of drug-likeness (QED) is 0.702. The van der Waals surface area contributed by atoms with Gasteiger partial charge in [0.1, 0.15) is 11.8 Å². The second-order valence-corrected chi connectivity index (χ2v) is 9.40. The van der Waals surface area contributed by atoms with Gasteiger partial charge in [-0.25, -0.2) is 0 Å². The fourth-order valence-corrected chi connectivity index (χ4v) is 3.94. The molecule has 0 bridgehead atoms. The Morgan fingerprint density at radius 3 is 2.32 bits per heavy atom. The molecule has 1 aromatic heterocycles. The highest BCUT2D eigenvalue weighted by molar-refractivity contribution is 5.97. The third kappa shape index (κ3) is 6.20. The number of hydrogen-bond donors (Lipinski definition) is 2. The van der Waals surface area contributed by atoms with E-state index in [0.29, 0.717) is 12.1 Å². The number of hydrogen-bond acceptors (Lipinski definition) is 4. The zero-order valence-electron chi connectivity index (χ0n) is 19.1. The molecule has 2 aromatic rings. The van der Waals surface area contributed by atoms with Gasteiger partial charge >= 0.3 is 0 Å². The molecule has 3 rings (SSSR count). The Bertz CT molecular complexity index is 847. The minimum Gasteiger partial charge on any atom is -0.468 e. The molecule has 0 aliphatic carbocycles. The normalized spacial score (nSPS) is 17.0. The molecule has 1 aliphatic heterocycles. The molecule has 1 aliphatic rings. The molecule has 2 unspecified atom stereocenters. The van der Waals surface area contributed by atoms with E-state index in [-0.39, 0.29) is 23.3 Å². The van der Waals surface area contributed by atoms with Gasteiger partial charge in [-0.05, 0) is 68.1 Å². The second kappa shape index (κ2) is 10.1. The third-order valence-corrected chi connectivity index (χ3v) is 5.93. The summed E-state index contributed by atoms with van der Waals surface area (Å²) in [4.78, 5) is 27.6. The number of likely N-dealkylation sites (tertiary alicyclic amines) is 1. The number of carbonyl (C=O) groups excluding carboxylic acids is 2. The average molecular weight is 426 g/mol. The van der Waals surface area contributed by atoms with E-state index in [1.54, 1.807) is 13.2 Å². The highest BCUT2D eigenvalue weighted by Crippen LogP contribution is 2.25. The second-order valence-electron chi connectivity index (χ2n) is 9.40. The SMILES string of the molecule is CC(NC(=O)c1ccc(C(C)(C)C)cc1)C(=O)NCC(c1ccco1)N1CCCCC1. The van der Waals surface area contributed by atoms with Crippen LogP contribution < -0.4 is 10.6 Å². The van der Waals surface area contributed by atoms with Crippen molar-refractivity contribution < 1.29 is 14.0 Å². The van der Waals surface area contributed by atoms with Gasteiger partial charge in [0.25, 0.3) is 5.91 Å². The van der Waals surface area contributed by atoms with E-state index in [1.165, 1.54) is 6.42 Å². The van der Waals surface area contributed by atoms with Crippen LogP contribution in [0.1, 0.15) is 74.7 Å². The van der Waals surface area contributed by atoms with Crippen molar-refractivity contribution in [1.29, 1.82) is 0 Å². The average Bonchev–Trinajstić information content (AvgIpc) is 3.28. The lowest BCUT2D eigenvalue weighted by molar-refractivity contribution is -0.122. The molecule has 2 amide bonds. The Hall–Kier alpha value is -2.60. The van der Waals surface area contributed by atoms with Gasteiger partial charge < -0.3 is 15.1 Å². The largest absolute Gasteiger partial charge is 0.468 e. The number of nitrogens with zero attached hydrogens (tertiary/aromatic N) is 1. The van der Waals surface area contributed by atoms with E-state index in [0.717, 1.165) is 37.3 Å². The molecule has 1 fully saturated rings. The van der Waals surface area contributed by atoms with Gasteiger partial charge in [-0.15, -0.1) is 0 Å². The molecule has 1 aromatic carbocycles. The number of furan rings is 1. The fraction of sp³-hybridized carbons (Fsp3) is 0.520. The number of benzene rings is 1. The molecule has 0 radical (unpaired) electrons. The van der Waals surface area contributed by atoms with E-state index in [1.807, 2.05) is 36.4 Å². The van der Waals surface area contributed by atoms with E-state index in [2.05, 4.69) is 36.3 Å². The topological polar surface area (TPSA) is 74.6 Å². The molecule has 2 atom stereocenters. The summed E-state index contributed by atoms with van der Waals surface area (Å²) in [6, 6.07) is 10.8. The van der Waals surface area contributed by atoms with Crippen molar-refractivity contribution in [2.75, 3.05) is 19.6 Å². The lowest BCUT2D eigenvalue weighted by atomic mass is 9.86. The molecule has 168 valence electrons. The highest BCUT2D eigenvalue weighted by atomic mass is 16.3. The van der Waals surface area contributed by atoms with Gasteiger partial charge in [0, 0.05) is 12.1 Å². The molecular weight excluding hydrogens is 390 g/mol. The smallest absolute Gasteiger partial charge is 0.251 e. The van der Waals surface area contributed by atoms with E-state index < -0.39 is 6.04 Å². The Morgan fingerprint density at radius 1 is 1.06 bits per heavy atom. The van der Waals surface area contributed by atoms with Crippen LogP contribution in [0.15, 0.2) is 47.1 Å². The van der Waals surface area contributed by atoms with Crippen LogP contribution in [-0.2, 0) is 10.2 Å². The van der Waals surface area contributed by atoms with Crippen molar-refractivity contribution in [2.45, 2.75) is 64.5 Å². The van der Waals surface area contributed by atoms with Crippen molar-refractivity contribution in [3.8, 4) is 0 Å². The van der Waals surface area contributed by atoms with Crippen LogP contribution in [0, 0.1) is 0 Å². The van der Waals surface area contributed by atoms with Crippen LogP contribution >= 0.6 is 0 Å². The van der Waals surface area contributed by atoms with Crippen molar-refractivity contribution in [2.24, 2.45) is 0 Å². The van der Waals surface area contributed by atoms with Crippen molar-refractivity contribution in [1.82, 2.24) is 15.5 Å². The molecule has 0 spiro atoms. The van der Waals surface area contributed by atoms with Crippen molar-refractivity contribution in [3.05, 3.63) is 59.5 Å². The lowest BCUT2D eigenvalue weighted by Gasteiger charge is -2.33. The summed E-state index contributed by atoms with van der Waals surface area (Å²) in [6.45, 7) is 10.6. The number of carbonyl (C=O) groups is 2. The molecule has 1 saturated heterocycles. The maximum atomic E-state index is 12.7. The first-order chi connectivity index (χ1) is 14.8. The Labute approximate surface area is 185 Å². The standard InChI is InChI=1S/C25H35N3O3/c1-18(27-24(30)19-10-12-20(13-11-19)25(2,3)4)23(29)26-17-21(22-9-8-16-31-22)28-14-6-5-7-15-28/h8-13,16,18,21H,5-7,14-15,17H2,1-4H3,(H,26,29)(H,27,30).